The van der Waals surface area contributed by atoms with Gasteiger partial charge in [0.1, 0.15) is 0 Å². The molecule has 2 heteroatoms. The predicted octanol–water partition coefficient (Wildman–Crippen LogP) is 3.91. The summed E-state index contributed by atoms with van der Waals surface area (Å²) in [7, 11) is 2.20. The van der Waals surface area contributed by atoms with E-state index in [1.54, 1.807) is 0 Å². The van der Waals surface area contributed by atoms with Gasteiger partial charge >= 0.3 is 0 Å². The average molecular weight is 274 g/mol. The van der Waals surface area contributed by atoms with Crippen molar-refractivity contribution in [2.24, 2.45) is 5.92 Å². The second-order valence-corrected chi connectivity index (χ2v) is 6.63. The highest BCUT2D eigenvalue weighted by molar-refractivity contribution is 5.53. The first-order chi connectivity index (χ1) is 9.56. The van der Waals surface area contributed by atoms with Gasteiger partial charge < -0.3 is 10.2 Å². The molecule has 1 fully saturated rings. The lowest BCUT2D eigenvalue weighted by Crippen LogP contribution is -2.38. The topological polar surface area (TPSA) is 15.3 Å². The molecule has 1 aromatic carbocycles. The third kappa shape index (κ3) is 4.24. The Hall–Kier alpha value is -1.02. The first-order valence-electron chi connectivity index (χ1n) is 8.08. The zero-order valence-corrected chi connectivity index (χ0v) is 13.6. The number of benzene rings is 1. The lowest BCUT2D eigenvalue weighted by molar-refractivity contribution is 0.303. The molecule has 1 aliphatic carbocycles. The van der Waals surface area contributed by atoms with Crippen LogP contribution in [0.5, 0.6) is 0 Å². The Labute approximate surface area is 124 Å². The molecule has 0 bridgehead atoms. The molecule has 0 amide bonds. The van der Waals surface area contributed by atoms with Crippen LogP contribution in [0.3, 0.4) is 0 Å². The fourth-order valence-corrected chi connectivity index (χ4v) is 3.41. The molecule has 0 heterocycles. The van der Waals surface area contributed by atoms with E-state index in [0.29, 0.717) is 0 Å². The monoisotopic (exact) mass is 274 g/mol. The molecule has 112 valence electrons. The molecule has 1 saturated carbocycles. The van der Waals surface area contributed by atoms with Crippen molar-refractivity contribution in [2.75, 3.05) is 25.0 Å². The Kier molecular flexibility index (Phi) is 5.47. The Morgan fingerprint density at radius 1 is 1.25 bits per heavy atom. The van der Waals surface area contributed by atoms with Crippen LogP contribution in [0.4, 0.5) is 5.69 Å². The molecule has 0 saturated heterocycles. The minimum Gasteiger partial charge on any atom is -0.373 e. The summed E-state index contributed by atoms with van der Waals surface area (Å²) in [6, 6.07) is 7.45. The lowest BCUT2D eigenvalue weighted by atomic mass is 9.87. The predicted molar refractivity (Wildman–Crippen MR) is 88.6 cm³/mol. The molecule has 0 radical (unpaired) electrons. The fourth-order valence-electron chi connectivity index (χ4n) is 3.41. The van der Waals surface area contributed by atoms with Gasteiger partial charge in [0, 0.05) is 31.9 Å². The smallest absolute Gasteiger partial charge is 0.0393 e. The minimum atomic E-state index is 0.742. The number of hydrogen-bond acceptors (Lipinski definition) is 2. The highest BCUT2D eigenvalue weighted by Crippen LogP contribution is 2.23. The number of nitrogens with zero attached hydrogens (tertiary/aromatic N) is 1. The maximum Gasteiger partial charge on any atom is 0.0393 e. The van der Waals surface area contributed by atoms with Crippen LogP contribution in [-0.4, -0.2) is 26.2 Å². The van der Waals surface area contributed by atoms with Crippen LogP contribution in [-0.2, 0) is 0 Å². The minimum absolute atomic E-state index is 0.742. The van der Waals surface area contributed by atoms with Gasteiger partial charge in [-0.1, -0.05) is 37.5 Å². The van der Waals surface area contributed by atoms with Crippen LogP contribution in [0.2, 0.25) is 0 Å². The second kappa shape index (κ2) is 7.12. The summed E-state index contributed by atoms with van der Waals surface area (Å²) in [4.78, 5) is 2.37. The zero-order chi connectivity index (χ0) is 14.5. The van der Waals surface area contributed by atoms with Crippen LogP contribution in [0.15, 0.2) is 18.2 Å². The van der Waals surface area contributed by atoms with Gasteiger partial charge in [0.15, 0.2) is 0 Å². The van der Waals surface area contributed by atoms with E-state index >= 15 is 0 Å². The summed E-state index contributed by atoms with van der Waals surface area (Å²) in [6.45, 7) is 8.91. The zero-order valence-electron chi connectivity index (χ0n) is 13.6. The van der Waals surface area contributed by atoms with Crippen molar-refractivity contribution >= 4 is 5.69 Å². The fraction of sp³-hybridized carbons (Fsp3) is 0.667. The Morgan fingerprint density at radius 3 is 2.75 bits per heavy atom. The van der Waals surface area contributed by atoms with Gasteiger partial charge in [-0.05, 0) is 44.2 Å². The molecule has 2 rings (SSSR count). The van der Waals surface area contributed by atoms with Gasteiger partial charge in [0.25, 0.3) is 0 Å². The lowest BCUT2D eigenvalue weighted by Gasteiger charge is -2.29. The third-order valence-electron chi connectivity index (χ3n) is 4.58. The molecule has 1 aliphatic rings. The van der Waals surface area contributed by atoms with Gasteiger partial charge in [0.05, 0.1) is 0 Å². The van der Waals surface area contributed by atoms with Crippen LogP contribution in [0.25, 0.3) is 0 Å². The van der Waals surface area contributed by atoms with E-state index in [-0.39, 0.29) is 0 Å². The Bertz CT molecular complexity index is 427. The maximum atomic E-state index is 3.74. The van der Waals surface area contributed by atoms with E-state index in [4.69, 9.17) is 0 Å². The Balaban J connectivity index is 1.78. The summed E-state index contributed by atoms with van der Waals surface area (Å²) in [5.74, 6) is 0.901. The molecule has 2 atom stereocenters. The van der Waals surface area contributed by atoms with Crippen molar-refractivity contribution in [3.05, 3.63) is 29.3 Å². The molecular weight excluding hydrogens is 244 g/mol. The van der Waals surface area contributed by atoms with Gasteiger partial charge in [-0.2, -0.15) is 0 Å². The first-order valence-corrected chi connectivity index (χ1v) is 8.08. The van der Waals surface area contributed by atoms with Crippen molar-refractivity contribution in [1.82, 2.24) is 5.32 Å². The maximum absolute atomic E-state index is 3.74. The van der Waals surface area contributed by atoms with Gasteiger partial charge in [0.2, 0.25) is 0 Å². The summed E-state index contributed by atoms with van der Waals surface area (Å²) >= 11 is 0. The number of nitrogens with one attached hydrogen (secondary N) is 1. The number of likely N-dealkylation sites (N-methyl/N-ethyl adjacent to an activating group) is 1. The van der Waals surface area contributed by atoms with Crippen molar-refractivity contribution in [3.63, 3.8) is 0 Å². The van der Waals surface area contributed by atoms with Crippen LogP contribution >= 0.6 is 0 Å². The summed E-state index contributed by atoms with van der Waals surface area (Å²) in [5, 5.41) is 3.74. The third-order valence-corrected chi connectivity index (χ3v) is 4.58. The van der Waals surface area contributed by atoms with E-state index in [0.717, 1.165) is 25.0 Å². The standard InChI is InChI=1S/C18H30N2/c1-14-6-5-7-17(13-14)19-10-11-20(4)18-9-8-15(2)12-16(18)3/h8-9,12,14,17,19H,5-7,10-11,13H2,1-4H3. The van der Waals surface area contributed by atoms with Crippen molar-refractivity contribution in [2.45, 2.75) is 52.5 Å². The summed E-state index contributed by atoms with van der Waals surface area (Å²) < 4.78 is 0. The van der Waals surface area contributed by atoms with E-state index in [2.05, 4.69) is 56.2 Å². The van der Waals surface area contributed by atoms with Crippen LogP contribution in [0, 0.1) is 19.8 Å². The Morgan fingerprint density at radius 2 is 2.05 bits per heavy atom. The van der Waals surface area contributed by atoms with Gasteiger partial charge in [-0.15, -0.1) is 0 Å². The van der Waals surface area contributed by atoms with Gasteiger partial charge in [-0.25, -0.2) is 0 Å². The molecule has 0 aliphatic heterocycles. The van der Waals surface area contributed by atoms with E-state index in [9.17, 15) is 0 Å². The molecular formula is C18H30N2. The van der Waals surface area contributed by atoms with Crippen molar-refractivity contribution < 1.29 is 0 Å². The van der Waals surface area contributed by atoms with Gasteiger partial charge in [-0.3, -0.25) is 0 Å². The SMILES string of the molecule is Cc1ccc(N(C)CCNC2CCCC(C)C2)c(C)c1. The molecule has 0 aromatic heterocycles. The summed E-state index contributed by atoms with van der Waals surface area (Å²) in [6.07, 6.45) is 5.53. The molecule has 2 nitrogen and oxygen atoms in total. The van der Waals surface area contributed by atoms with E-state index in [1.165, 1.54) is 42.5 Å². The van der Waals surface area contributed by atoms with Crippen LogP contribution in [0.1, 0.15) is 43.7 Å². The largest absolute Gasteiger partial charge is 0.373 e. The number of rotatable bonds is 5. The van der Waals surface area contributed by atoms with E-state index < -0.39 is 0 Å². The van der Waals surface area contributed by atoms with Crippen molar-refractivity contribution in [3.8, 4) is 0 Å². The molecule has 0 spiro atoms. The van der Waals surface area contributed by atoms with E-state index in [1.807, 2.05) is 0 Å². The molecule has 2 unspecified atom stereocenters. The number of anilines is 1. The second-order valence-electron chi connectivity index (χ2n) is 6.63. The first kappa shape index (κ1) is 15.4. The molecule has 20 heavy (non-hydrogen) atoms. The number of aryl methyl sites for hydroxylation is 2. The summed E-state index contributed by atoms with van der Waals surface area (Å²) in [5.41, 5.74) is 4.07. The average Bonchev–Trinajstić information content (AvgIpc) is 2.38. The highest BCUT2D eigenvalue weighted by atomic mass is 15.1. The highest BCUT2D eigenvalue weighted by Gasteiger charge is 2.18. The molecule has 1 aromatic rings. The van der Waals surface area contributed by atoms with Crippen LogP contribution < -0.4 is 10.2 Å². The normalized spacial score (nSPS) is 22.8. The number of hydrogen-bond donors (Lipinski definition) is 1. The quantitative estimate of drug-likeness (QED) is 0.876. The van der Waals surface area contributed by atoms with Crippen molar-refractivity contribution in [1.29, 1.82) is 0 Å². The molecule has 1 N–H and O–H groups in total.